The fraction of sp³-hybridized carbons (Fsp3) is 0.300. The Morgan fingerprint density at radius 3 is 2.62 bits per heavy atom. The lowest BCUT2D eigenvalue weighted by molar-refractivity contribution is 0.523. The molecule has 136 valence electrons. The first-order valence-corrected chi connectivity index (χ1v) is 11.0. The summed E-state index contributed by atoms with van der Waals surface area (Å²) in [5.41, 5.74) is 4.28. The van der Waals surface area contributed by atoms with Crippen LogP contribution in [0.25, 0.3) is 0 Å². The molecule has 0 fully saturated rings. The largest absolute Gasteiger partial charge is 0.287 e. The van der Waals surface area contributed by atoms with Gasteiger partial charge in [0.2, 0.25) is 0 Å². The molecule has 4 nitrogen and oxygen atoms in total. The maximum absolute atomic E-state index is 13.0. The highest BCUT2D eigenvalue weighted by molar-refractivity contribution is 9.10. The third kappa shape index (κ3) is 3.00. The van der Waals surface area contributed by atoms with Gasteiger partial charge in [-0.2, -0.15) is 0 Å². The lowest BCUT2D eigenvalue weighted by Crippen LogP contribution is -2.47. The summed E-state index contributed by atoms with van der Waals surface area (Å²) in [6.45, 7) is 3.97. The van der Waals surface area contributed by atoms with E-state index in [0.29, 0.717) is 5.92 Å². The topological polar surface area (TPSA) is 49.4 Å². The van der Waals surface area contributed by atoms with Crippen molar-refractivity contribution in [3.63, 3.8) is 0 Å². The number of hydrazine groups is 1. The van der Waals surface area contributed by atoms with Gasteiger partial charge in [-0.05, 0) is 62.1 Å². The first kappa shape index (κ1) is 17.8. The molecule has 2 aromatic rings. The minimum Gasteiger partial charge on any atom is -0.287 e. The van der Waals surface area contributed by atoms with Crippen molar-refractivity contribution in [3.05, 3.63) is 69.7 Å². The molecule has 2 unspecified atom stereocenters. The molecule has 26 heavy (non-hydrogen) atoms. The van der Waals surface area contributed by atoms with Gasteiger partial charge in [-0.15, -0.1) is 4.83 Å². The lowest BCUT2D eigenvalue weighted by atomic mass is 9.86. The van der Waals surface area contributed by atoms with E-state index >= 15 is 0 Å². The number of sulfonamides is 1. The first-order chi connectivity index (χ1) is 12.4. The number of anilines is 1. The highest BCUT2D eigenvalue weighted by atomic mass is 79.9. The predicted molar refractivity (Wildman–Crippen MR) is 108 cm³/mol. The van der Waals surface area contributed by atoms with Crippen LogP contribution in [-0.4, -0.2) is 14.5 Å². The second-order valence-electron chi connectivity index (χ2n) is 7.04. The monoisotopic (exact) mass is 432 g/mol. The first-order valence-electron chi connectivity index (χ1n) is 8.72. The zero-order valence-corrected chi connectivity index (χ0v) is 17.1. The average molecular weight is 433 g/mol. The molecule has 2 aromatic carbocycles. The van der Waals surface area contributed by atoms with Crippen molar-refractivity contribution in [2.24, 2.45) is 0 Å². The molecule has 4 rings (SSSR count). The minimum absolute atomic E-state index is 0.00646. The molecular weight excluding hydrogens is 412 g/mol. The zero-order valence-electron chi connectivity index (χ0n) is 14.7. The molecule has 0 bridgehead atoms. The number of benzene rings is 2. The van der Waals surface area contributed by atoms with Gasteiger partial charge in [0.15, 0.2) is 0 Å². The number of allylic oxidation sites excluding steroid dienone is 1. The van der Waals surface area contributed by atoms with Crippen LogP contribution >= 0.6 is 15.9 Å². The van der Waals surface area contributed by atoms with E-state index in [2.05, 4.69) is 39.0 Å². The zero-order chi connectivity index (χ0) is 18.5. The molecule has 0 radical (unpaired) electrons. The molecule has 0 amide bonds. The Bertz CT molecular complexity index is 984. The van der Waals surface area contributed by atoms with Crippen molar-refractivity contribution < 1.29 is 8.42 Å². The second kappa shape index (κ2) is 6.51. The molecule has 2 aliphatic rings. The van der Waals surface area contributed by atoms with Crippen LogP contribution < -0.4 is 9.84 Å². The Morgan fingerprint density at radius 1 is 1.15 bits per heavy atom. The van der Waals surface area contributed by atoms with Gasteiger partial charge in [0.1, 0.15) is 0 Å². The smallest absolute Gasteiger partial charge is 0.257 e. The van der Waals surface area contributed by atoms with Crippen LogP contribution in [0.3, 0.4) is 0 Å². The van der Waals surface area contributed by atoms with Crippen molar-refractivity contribution in [2.75, 3.05) is 5.01 Å². The van der Waals surface area contributed by atoms with Crippen molar-refractivity contribution in [2.45, 2.75) is 43.5 Å². The summed E-state index contributed by atoms with van der Waals surface area (Å²) in [6.07, 6.45) is 6.31. The number of fused-ring (bicyclic) bond motifs is 3. The number of halogens is 1. The Labute approximate surface area is 163 Å². The Kier molecular flexibility index (Phi) is 4.45. The summed E-state index contributed by atoms with van der Waals surface area (Å²) in [5.74, 6) is 0.298. The van der Waals surface area contributed by atoms with Crippen molar-refractivity contribution >= 4 is 31.6 Å². The second-order valence-corrected chi connectivity index (χ2v) is 9.62. The third-order valence-corrected chi connectivity index (χ3v) is 6.96. The van der Waals surface area contributed by atoms with Crippen molar-refractivity contribution in [1.29, 1.82) is 0 Å². The molecule has 0 aromatic heterocycles. The van der Waals surface area contributed by atoms with Gasteiger partial charge in [-0.3, -0.25) is 5.01 Å². The predicted octanol–water partition coefficient (Wildman–Crippen LogP) is 4.58. The minimum atomic E-state index is -3.65. The molecule has 1 aliphatic carbocycles. The van der Waals surface area contributed by atoms with Gasteiger partial charge in [-0.25, -0.2) is 8.42 Å². The number of aryl methyl sites for hydroxylation is 2. The summed E-state index contributed by atoms with van der Waals surface area (Å²) in [7, 11) is -3.65. The highest BCUT2D eigenvalue weighted by Gasteiger charge is 2.41. The van der Waals surface area contributed by atoms with Gasteiger partial charge < -0.3 is 0 Å². The van der Waals surface area contributed by atoms with Crippen LogP contribution in [0.4, 0.5) is 5.69 Å². The molecule has 0 saturated carbocycles. The number of rotatable bonds is 3. The number of hydrogen-bond donors (Lipinski definition) is 1. The third-order valence-electron chi connectivity index (χ3n) is 5.17. The molecule has 1 aliphatic heterocycles. The van der Waals surface area contributed by atoms with E-state index in [1.54, 1.807) is 12.1 Å². The quantitative estimate of drug-likeness (QED) is 0.721. The van der Waals surface area contributed by atoms with E-state index in [-0.39, 0.29) is 10.9 Å². The standard InChI is InChI=1S/C20H21BrN2O2S/c1-13-7-9-16(10-8-13)26(24,25)22-23-19-6-4-3-5-17(19)18-12-15(21)11-14(2)20(18)23/h4,6-12,17,19,22H,3,5H2,1-2H3. The summed E-state index contributed by atoms with van der Waals surface area (Å²) < 4.78 is 27.0. The normalized spacial score (nSPS) is 21.6. The highest BCUT2D eigenvalue weighted by Crippen LogP contribution is 2.47. The maximum Gasteiger partial charge on any atom is 0.257 e. The summed E-state index contributed by atoms with van der Waals surface area (Å²) in [6, 6.07) is 11.1. The molecule has 1 N–H and O–H groups in total. The van der Waals surface area contributed by atoms with E-state index in [1.165, 1.54) is 5.56 Å². The van der Waals surface area contributed by atoms with Crippen molar-refractivity contribution in [3.8, 4) is 0 Å². The maximum atomic E-state index is 13.0. The fourth-order valence-electron chi connectivity index (χ4n) is 3.95. The van der Waals surface area contributed by atoms with E-state index in [0.717, 1.165) is 34.1 Å². The Balaban J connectivity index is 1.77. The van der Waals surface area contributed by atoms with Crippen LogP contribution in [0.5, 0.6) is 0 Å². The number of nitrogens with zero attached hydrogens (tertiary/aromatic N) is 1. The lowest BCUT2D eigenvalue weighted by Gasteiger charge is -2.30. The van der Waals surface area contributed by atoms with Crippen LogP contribution in [0.15, 0.2) is 57.9 Å². The van der Waals surface area contributed by atoms with Gasteiger partial charge in [-0.1, -0.05) is 45.8 Å². The summed E-state index contributed by atoms with van der Waals surface area (Å²) in [4.78, 5) is 3.13. The van der Waals surface area contributed by atoms with E-state index in [1.807, 2.05) is 37.1 Å². The van der Waals surface area contributed by atoms with Gasteiger partial charge in [0, 0.05) is 10.4 Å². The number of nitrogens with one attached hydrogen (secondary N) is 1. The summed E-state index contributed by atoms with van der Waals surface area (Å²) in [5, 5.41) is 1.84. The van der Waals surface area contributed by atoms with Gasteiger partial charge in [0.05, 0.1) is 16.6 Å². The van der Waals surface area contributed by atoms with Gasteiger partial charge >= 0.3 is 0 Å². The molecule has 0 saturated heterocycles. The van der Waals surface area contributed by atoms with E-state index in [4.69, 9.17) is 0 Å². The van der Waals surface area contributed by atoms with Crippen LogP contribution in [0.2, 0.25) is 0 Å². The Hall–Kier alpha value is -1.63. The molecular formula is C20H21BrN2O2S. The van der Waals surface area contributed by atoms with Crippen LogP contribution in [-0.2, 0) is 10.0 Å². The van der Waals surface area contributed by atoms with Crippen LogP contribution in [0, 0.1) is 13.8 Å². The van der Waals surface area contributed by atoms with Crippen LogP contribution in [0.1, 0.15) is 35.4 Å². The molecule has 0 spiro atoms. The fourth-order valence-corrected chi connectivity index (χ4v) is 5.61. The van der Waals surface area contributed by atoms with E-state index in [9.17, 15) is 8.42 Å². The number of hydrogen-bond acceptors (Lipinski definition) is 3. The summed E-state index contributed by atoms with van der Waals surface area (Å²) >= 11 is 3.58. The molecule has 6 heteroatoms. The Morgan fingerprint density at radius 2 is 1.88 bits per heavy atom. The van der Waals surface area contributed by atoms with Crippen molar-refractivity contribution in [1.82, 2.24) is 4.83 Å². The van der Waals surface area contributed by atoms with E-state index < -0.39 is 10.0 Å². The average Bonchev–Trinajstić information content (AvgIpc) is 2.89. The SMILES string of the molecule is Cc1ccc(S(=O)(=O)NN2c3c(C)cc(Br)cc3C3CCC=CC32)cc1. The van der Waals surface area contributed by atoms with Gasteiger partial charge in [0.25, 0.3) is 10.0 Å². The molecule has 1 heterocycles. The molecule has 2 atom stereocenters.